The summed E-state index contributed by atoms with van der Waals surface area (Å²) in [6.45, 7) is 0.589. The Morgan fingerprint density at radius 3 is 2.58 bits per heavy atom. The molecule has 1 aromatic carbocycles. The van der Waals surface area contributed by atoms with Gasteiger partial charge in [-0.2, -0.15) is 4.98 Å². The van der Waals surface area contributed by atoms with E-state index in [2.05, 4.69) is 19.4 Å². The van der Waals surface area contributed by atoms with Gasteiger partial charge < -0.3 is 10.3 Å². The summed E-state index contributed by atoms with van der Waals surface area (Å²) in [5.74, 6) is 0.459. The molecule has 1 heterocycles. The molecule has 8 heteroatoms. The van der Waals surface area contributed by atoms with Gasteiger partial charge in [0.05, 0.1) is 4.90 Å². The molecule has 2 aromatic rings. The fourth-order valence-electron chi connectivity index (χ4n) is 1.49. The summed E-state index contributed by atoms with van der Waals surface area (Å²) < 4.78 is 30.9. The number of nitrogens with two attached hydrogens (primary N) is 1. The molecule has 0 spiro atoms. The molecule has 7 nitrogen and oxygen atoms in total. The van der Waals surface area contributed by atoms with Gasteiger partial charge in [0.15, 0.2) is 5.82 Å². The van der Waals surface area contributed by atoms with Crippen LogP contribution in [0.25, 0.3) is 0 Å². The van der Waals surface area contributed by atoms with Crippen LogP contribution in [0, 0.1) is 0 Å². The maximum atomic E-state index is 12.0. The van der Waals surface area contributed by atoms with E-state index < -0.39 is 10.0 Å². The van der Waals surface area contributed by atoms with Gasteiger partial charge in [-0.1, -0.05) is 17.3 Å². The molecule has 19 heavy (non-hydrogen) atoms. The van der Waals surface area contributed by atoms with Crippen LogP contribution in [0.15, 0.2) is 40.1 Å². The molecule has 0 atom stereocenters. The molecule has 0 aliphatic rings. The first kappa shape index (κ1) is 13.7. The molecular weight excluding hydrogens is 268 g/mol. The van der Waals surface area contributed by atoms with Crippen LogP contribution in [0.3, 0.4) is 0 Å². The maximum absolute atomic E-state index is 12.0. The highest BCUT2D eigenvalue weighted by Gasteiger charge is 2.13. The van der Waals surface area contributed by atoms with E-state index in [9.17, 15) is 8.42 Å². The van der Waals surface area contributed by atoms with Crippen molar-refractivity contribution in [3.63, 3.8) is 0 Å². The first-order valence-corrected chi connectivity index (χ1v) is 7.14. The first-order chi connectivity index (χ1) is 9.12. The minimum atomic E-state index is -3.52. The lowest BCUT2D eigenvalue weighted by molar-refractivity contribution is 0.410. The Morgan fingerprint density at radius 1 is 1.26 bits per heavy atom. The van der Waals surface area contributed by atoms with Crippen molar-refractivity contribution in [2.45, 2.75) is 17.9 Å². The SMILES string of the molecule is NCc1ccc(S(=O)(=O)NCCc2ncon2)cc1. The maximum Gasteiger partial charge on any atom is 0.240 e. The molecule has 3 N–H and O–H groups in total. The second-order valence-corrected chi connectivity index (χ2v) is 5.61. The van der Waals surface area contributed by atoms with Gasteiger partial charge in [-0.05, 0) is 17.7 Å². The first-order valence-electron chi connectivity index (χ1n) is 5.66. The fraction of sp³-hybridized carbons (Fsp3) is 0.273. The number of hydrogen-bond donors (Lipinski definition) is 2. The highest BCUT2D eigenvalue weighted by Crippen LogP contribution is 2.10. The van der Waals surface area contributed by atoms with E-state index in [-0.39, 0.29) is 11.4 Å². The third kappa shape index (κ3) is 3.60. The van der Waals surface area contributed by atoms with Gasteiger partial charge in [-0.3, -0.25) is 0 Å². The minimum Gasteiger partial charge on any atom is -0.343 e. The van der Waals surface area contributed by atoms with Gasteiger partial charge in [0.1, 0.15) is 0 Å². The third-order valence-electron chi connectivity index (χ3n) is 2.52. The lowest BCUT2D eigenvalue weighted by Crippen LogP contribution is -2.26. The summed E-state index contributed by atoms with van der Waals surface area (Å²) >= 11 is 0. The van der Waals surface area contributed by atoms with Crippen LogP contribution >= 0.6 is 0 Å². The summed E-state index contributed by atoms with van der Waals surface area (Å²) in [7, 11) is -3.52. The van der Waals surface area contributed by atoms with Gasteiger partial charge in [-0.15, -0.1) is 0 Å². The van der Waals surface area contributed by atoms with Crippen LogP contribution in [0.2, 0.25) is 0 Å². The summed E-state index contributed by atoms with van der Waals surface area (Å²) in [5, 5.41) is 3.60. The van der Waals surface area contributed by atoms with Gasteiger partial charge in [-0.25, -0.2) is 13.1 Å². The van der Waals surface area contributed by atoms with Gasteiger partial charge in [0.2, 0.25) is 16.4 Å². The van der Waals surface area contributed by atoms with Crippen LogP contribution < -0.4 is 10.5 Å². The molecule has 0 saturated heterocycles. The number of nitrogens with zero attached hydrogens (tertiary/aromatic N) is 2. The second kappa shape index (κ2) is 5.91. The minimum absolute atomic E-state index is 0.206. The predicted molar refractivity (Wildman–Crippen MR) is 67.5 cm³/mol. The lowest BCUT2D eigenvalue weighted by atomic mass is 10.2. The standard InChI is InChI=1S/C11H14N4O3S/c12-7-9-1-3-10(4-2-9)19(16,17)14-6-5-11-13-8-18-15-11/h1-4,8,14H,5-7,12H2. The van der Waals surface area contributed by atoms with Crippen molar-refractivity contribution < 1.29 is 12.9 Å². The average molecular weight is 282 g/mol. The van der Waals surface area contributed by atoms with Crippen LogP contribution in [-0.2, 0) is 23.0 Å². The lowest BCUT2D eigenvalue weighted by Gasteiger charge is -2.06. The van der Waals surface area contributed by atoms with Crippen molar-refractivity contribution in [3.8, 4) is 0 Å². The Kier molecular flexibility index (Phi) is 4.25. The monoisotopic (exact) mass is 282 g/mol. The number of benzene rings is 1. The molecule has 0 fully saturated rings. The Balaban J connectivity index is 1.97. The zero-order valence-corrected chi connectivity index (χ0v) is 10.9. The van der Waals surface area contributed by atoms with E-state index >= 15 is 0 Å². The van der Waals surface area contributed by atoms with E-state index in [1.165, 1.54) is 18.5 Å². The van der Waals surface area contributed by atoms with Crippen molar-refractivity contribution >= 4 is 10.0 Å². The molecule has 102 valence electrons. The molecule has 0 amide bonds. The number of hydrogen-bond acceptors (Lipinski definition) is 6. The number of sulfonamides is 1. The van der Waals surface area contributed by atoms with E-state index in [1.807, 2.05) is 0 Å². The molecule has 0 aliphatic heterocycles. The largest absolute Gasteiger partial charge is 0.343 e. The van der Waals surface area contributed by atoms with Crippen LogP contribution in [-0.4, -0.2) is 25.1 Å². The smallest absolute Gasteiger partial charge is 0.240 e. The van der Waals surface area contributed by atoms with Crippen molar-refractivity contribution in [1.82, 2.24) is 14.9 Å². The number of aromatic nitrogens is 2. The quantitative estimate of drug-likeness (QED) is 0.774. The van der Waals surface area contributed by atoms with Crippen LogP contribution in [0.1, 0.15) is 11.4 Å². The molecule has 0 aliphatic carbocycles. The van der Waals surface area contributed by atoms with E-state index in [0.717, 1.165) is 5.56 Å². The van der Waals surface area contributed by atoms with Crippen LogP contribution in [0.4, 0.5) is 0 Å². The van der Waals surface area contributed by atoms with Gasteiger partial charge >= 0.3 is 0 Å². The van der Waals surface area contributed by atoms with E-state index in [1.54, 1.807) is 12.1 Å². The summed E-state index contributed by atoms with van der Waals surface area (Å²) in [4.78, 5) is 4.01. The number of rotatable bonds is 6. The van der Waals surface area contributed by atoms with E-state index in [0.29, 0.717) is 18.8 Å². The molecule has 0 saturated carbocycles. The molecule has 0 unspecified atom stereocenters. The third-order valence-corrected chi connectivity index (χ3v) is 3.99. The molecule has 0 bridgehead atoms. The topological polar surface area (TPSA) is 111 Å². The highest BCUT2D eigenvalue weighted by atomic mass is 32.2. The van der Waals surface area contributed by atoms with Crippen molar-refractivity contribution in [2.75, 3.05) is 6.54 Å². The Hall–Kier alpha value is -1.77. The van der Waals surface area contributed by atoms with Crippen molar-refractivity contribution in [2.24, 2.45) is 5.73 Å². The van der Waals surface area contributed by atoms with Gasteiger partial charge in [0, 0.05) is 19.5 Å². The summed E-state index contributed by atoms with van der Waals surface area (Å²) in [5.41, 5.74) is 6.34. The number of nitrogens with one attached hydrogen (secondary N) is 1. The van der Waals surface area contributed by atoms with Crippen molar-refractivity contribution in [3.05, 3.63) is 42.0 Å². The van der Waals surface area contributed by atoms with Crippen LogP contribution in [0.5, 0.6) is 0 Å². The zero-order chi connectivity index (χ0) is 13.7. The van der Waals surface area contributed by atoms with Crippen molar-refractivity contribution in [1.29, 1.82) is 0 Å². The Bertz CT molecular complexity index is 608. The second-order valence-electron chi connectivity index (χ2n) is 3.84. The Morgan fingerprint density at radius 2 is 2.00 bits per heavy atom. The fourth-order valence-corrected chi connectivity index (χ4v) is 2.52. The molecule has 2 rings (SSSR count). The highest BCUT2D eigenvalue weighted by molar-refractivity contribution is 7.89. The molecular formula is C11H14N4O3S. The predicted octanol–water partition coefficient (Wildman–Crippen LogP) is 0.0493. The Labute approximate surface area is 110 Å². The average Bonchev–Trinajstić information content (AvgIpc) is 2.92. The molecule has 1 aromatic heterocycles. The van der Waals surface area contributed by atoms with Gasteiger partial charge in [0.25, 0.3) is 0 Å². The normalized spacial score (nSPS) is 11.6. The molecule has 0 radical (unpaired) electrons. The summed E-state index contributed by atoms with van der Waals surface area (Å²) in [6, 6.07) is 6.43. The van der Waals surface area contributed by atoms with E-state index in [4.69, 9.17) is 5.73 Å². The summed E-state index contributed by atoms with van der Waals surface area (Å²) in [6.07, 6.45) is 1.58. The zero-order valence-electron chi connectivity index (χ0n) is 10.1.